The van der Waals surface area contributed by atoms with Gasteiger partial charge in [-0.05, 0) is 62.2 Å². The number of aldehydes is 1. The Bertz CT molecular complexity index is 1070. The highest BCUT2D eigenvalue weighted by atomic mass is 16.7. The summed E-state index contributed by atoms with van der Waals surface area (Å²) in [7, 11) is 0. The molecule has 36 heavy (non-hydrogen) atoms. The fourth-order valence-corrected chi connectivity index (χ4v) is 9.99. The van der Waals surface area contributed by atoms with Crippen molar-refractivity contribution in [1.82, 2.24) is 0 Å². The molecule has 6 rings (SSSR count). The predicted molar refractivity (Wildman–Crippen MR) is 126 cm³/mol. The summed E-state index contributed by atoms with van der Waals surface area (Å²) in [4.78, 5) is 39.1. The minimum atomic E-state index is -1.91. The second-order valence-corrected chi connectivity index (χ2v) is 13.0. The van der Waals surface area contributed by atoms with Crippen LogP contribution in [0.1, 0.15) is 66.2 Å². The van der Waals surface area contributed by atoms with Gasteiger partial charge < -0.3 is 29.6 Å². The first-order valence-electron chi connectivity index (χ1n) is 13.6. The van der Waals surface area contributed by atoms with Crippen LogP contribution in [0.25, 0.3) is 0 Å². The van der Waals surface area contributed by atoms with Crippen LogP contribution in [0.4, 0.5) is 0 Å². The Balaban J connectivity index is 1.43. The molecule has 0 aromatic heterocycles. The molecule has 198 valence electrons. The number of fused-ring (bicyclic) bond motifs is 3. The van der Waals surface area contributed by atoms with Gasteiger partial charge in [0, 0.05) is 17.3 Å². The minimum Gasteiger partial charge on any atom is -0.481 e. The Labute approximate surface area is 211 Å². The summed E-state index contributed by atoms with van der Waals surface area (Å²) in [5.74, 6) is -1.02. The average Bonchev–Trinajstić information content (AvgIpc) is 3.04. The molecule has 0 radical (unpaired) electrons. The Morgan fingerprint density at radius 2 is 1.94 bits per heavy atom. The standard InChI is InChI=1S/C28H38O8/c1-14(2)20-9-17-7-8-24(12-29)19-6-5-15(3)18(19)10-25(17,27(20,24)23(31)32)13-35-21-11-26(33)22(30)28(26,34)16(4)36-21/h9,12,14-19,21,33-34H,5-8,10-11,13H2,1-4H3,(H,31,32)/t15?,16-,17?,18?,19?,21-,24?,25?,26-,27?,28+/m1/s1. The predicted octanol–water partition coefficient (Wildman–Crippen LogP) is 2.50. The third kappa shape index (κ3) is 2.40. The number of aliphatic hydroxyl groups is 2. The SMILES string of the molecule is CC(C)C1=CC2CCC3(C=O)C4CCC(C)C4CC2(CO[C@H]2C[C@@]4(O)C(=O)[C@@]4(O)[C@@H](C)O2)C13C(=O)O. The molecule has 4 saturated carbocycles. The lowest BCUT2D eigenvalue weighted by atomic mass is 9.34. The minimum absolute atomic E-state index is 0.0289. The first-order chi connectivity index (χ1) is 16.9. The second-order valence-electron chi connectivity index (χ2n) is 13.0. The van der Waals surface area contributed by atoms with Crippen LogP contribution in [0, 0.1) is 45.8 Å². The van der Waals surface area contributed by atoms with E-state index in [9.17, 15) is 29.7 Å². The summed E-state index contributed by atoms with van der Waals surface area (Å²) in [5, 5.41) is 32.4. The zero-order valence-corrected chi connectivity index (χ0v) is 21.5. The highest BCUT2D eigenvalue weighted by molar-refractivity contribution is 6.15. The van der Waals surface area contributed by atoms with Crippen molar-refractivity contribution in [2.24, 2.45) is 45.8 Å². The summed E-state index contributed by atoms with van der Waals surface area (Å²) in [6.07, 6.45) is 4.85. The van der Waals surface area contributed by atoms with E-state index in [2.05, 4.69) is 13.0 Å². The van der Waals surface area contributed by atoms with Gasteiger partial charge in [-0.15, -0.1) is 0 Å². The molecule has 11 atom stereocenters. The fraction of sp³-hybridized carbons (Fsp3) is 0.821. The maximum Gasteiger partial charge on any atom is 0.315 e. The second kappa shape index (κ2) is 7.28. The lowest BCUT2D eigenvalue weighted by molar-refractivity contribution is -0.277. The van der Waals surface area contributed by atoms with Gasteiger partial charge in [-0.25, -0.2) is 0 Å². The topological polar surface area (TPSA) is 130 Å². The number of carbonyl (C=O) groups excluding carboxylic acids is 2. The Morgan fingerprint density at radius 1 is 1.22 bits per heavy atom. The summed E-state index contributed by atoms with van der Waals surface area (Å²) in [6, 6.07) is 0. The summed E-state index contributed by atoms with van der Waals surface area (Å²) >= 11 is 0. The molecular weight excluding hydrogens is 464 g/mol. The first kappa shape index (κ1) is 24.7. The van der Waals surface area contributed by atoms with Crippen molar-refractivity contribution in [1.29, 1.82) is 0 Å². The number of ketones is 1. The summed E-state index contributed by atoms with van der Waals surface area (Å²) in [5.41, 5.74) is -6.15. The lowest BCUT2D eigenvalue weighted by Gasteiger charge is -2.66. The zero-order chi connectivity index (χ0) is 26.1. The smallest absolute Gasteiger partial charge is 0.315 e. The summed E-state index contributed by atoms with van der Waals surface area (Å²) in [6.45, 7) is 7.83. The molecule has 4 bridgehead atoms. The van der Waals surface area contributed by atoms with Crippen LogP contribution in [0.5, 0.6) is 0 Å². The van der Waals surface area contributed by atoms with Gasteiger partial charge in [-0.1, -0.05) is 38.8 Å². The van der Waals surface area contributed by atoms with Crippen molar-refractivity contribution in [3.8, 4) is 0 Å². The van der Waals surface area contributed by atoms with Gasteiger partial charge in [0.1, 0.15) is 11.7 Å². The van der Waals surface area contributed by atoms with E-state index in [0.29, 0.717) is 18.8 Å². The van der Waals surface area contributed by atoms with E-state index in [4.69, 9.17) is 9.47 Å². The van der Waals surface area contributed by atoms with Crippen molar-refractivity contribution in [2.75, 3.05) is 6.61 Å². The van der Waals surface area contributed by atoms with E-state index in [-0.39, 0.29) is 36.7 Å². The molecule has 0 aromatic carbocycles. The van der Waals surface area contributed by atoms with Gasteiger partial charge >= 0.3 is 5.97 Å². The van der Waals surface area contributed by atoms with Crippen molar-refractivity contribution in [3.05, 3.63) is 11.6 Å². The molecule has 0 amide bonds. The quantitative estimate of drug-likeness (QED) is 0.373. The van der Waals surface area contributed by atoms with Gasteiger partial charge in [0.15, 0.2) is 17.5 Å². The fourth-order valence-electron chi connectivity index (χ4n) is 9.99. The average molecular weight is 503 g/mol. The van der Waals surface area contributed by atoms with Crippen molar-refractivity contribution < 1.29 is 39.2 Å². The van der Waals surface area contributed by atoms with Crippen LogP contribution in [0.3, 0.4) is 0 Å². The van der Waals surface area contributed by atoms with Crippen LogP contribution in [0.2, 0.25) is 0 Å². The maximum absolute atomic E-state index is 13.6. The molecular formula is C28H38O8. The van der Waals surface area contributed by atoms with E-state index in [0.717, 1.165) is 31.1 Å². The molecule has 3 N–H and O–H groups in total. The highest BCUT2D eigenvalue weighted by Gasteiger charge is 2.84. The number of Topliss-reactive ketones (excluding diaryl/α,β-unsaturated/α-hetero) is 1. The van der Waals surface area contributed by atoms with Crippen molar-refractivity contribution >= 4 is 18.0 Å². The Morgan fingerprint density at radius 3 is 2.56 bits per heavy atom. The molecule has 8 nitrogen and oxygen atoms in total. The molecule has 7 unspecified atom stereocenters. The first-order valence-corrected chi connectivity index (χ1v) is 13.6. The van der Waals surface area contributed by atoms with Crippen LogP contribution in [-0.2, 0) is 23.9 Å². The van der Waals surface area contributed by atoms with Crippen LogP contribution in [0.15, 0.2) is 11.6 Å². The number of hydrogen-bond donors (Lipinski definition) is 3. The molecule has 1 aliphatic heterocycles. The third-order valence-electron chi connectivity index (χ3n) is 11.7. The van der Waals surface area contributed by atoms with Gasteiger partial charge in [0.05, 0.1) is 12.7 Å². The van der Waals surface area contributed by atoms with Crippen LogP contribution < -0.4 is 0 Å². The maximum atomic E-state index is 13.6. The number of carbonyl (C=O) groups is 3. The number of carboxylic acid groups (broad SMARTS) is 1. The Hall–Kier alpha value is -1.61. The normalized spacial score (nSPS) is 54.6. The van der Waals surface area contributed by atoms with Crippen molar-refractivity contribution in [3.63, 3.8) is 0 Å². The molecule has 8 heteroatoms. The van der Waals surface area contributed by atoms with E-state index in [1.54, 1.807) is 0 Å². The number of hydrogen-bond acceptors (Lipinski definition) is 7. The molecule has 6 aliphatic rings. The molecule has 1 heterocycles. The summed E-state index contributed by atoms with van der Waals surface area (Å²) < 4.78 is 12.2. The molecule has 0 aromatic rings. The molecule has 5 aliphatic carbocycles. The monoisotopic (exact) mass is 502 g/mol. The largest absolute Gasteiger partial charge is 0.481 e. The lowest BCUT2D eigenvalue weighted by Crippen LogP contribution is -2.70. The zero-order valence-electron chi connectivity index (χ0n) is 21.5. The van der Waals surface area contributed by atoms with Gasteiger partial charge in [-0.2, -0.15) is 0 Å². The van der Waals surface area contributed by atoms with E-state index in [1.165, 1.54) is 6.92 Å². The van der Waals surface area contributed by atoms with Gasteiger partial charge in [-0.3, -0.25) is 9.59 Å². The number of rotatable bonds is 6. The molecule has 1 saturated heterocycles. The van der Waals surface area contributed by atoms with Crippen LogP contribution in [-0.4, -0.2) is 63.6 Å². The molecule has 0 spiro atoms. The van der Waals surface area contributed by atoms with E-state index in [1.807, 2.05) is 13.8 Å². The third-order valence-corrected chi connectivity index (χ3v) is 11.7. The number of aliphatic carboxylic acids is 1. The number of carboxylic acids is 1. The highest BCUT2D eigenvalue weighted by Crippen LogP contribution is 2.79. The Kier molecular flexibility index (Phi) is 4.99. The number of allylic oxidation sites excluding steroid dienone is 1. The van der Waals surface area contributed by atoms with Gasteiger partial charge in [0.25, 0.3) is 0 Å². The number of ether oxygens (including phenoxy) is 2. The van der Waals surface area contributed by atoms with E-state index < -0.39 is 51.6 Å². The molecule has 5 fully saturated rings. The van der Waals surface area contributed by atoms with E-state index >= 15 is 0 Å². The van der Waals surface area contributed by atoms with Gasteiger partial charge in [0.2, 0.25) is 5.78 Å². The van der Waals surface area contributed by atoms with Crippen LogP contribution >= 0.6 is 0 Å². The van der Waals surface area contributed by atoms with Crippen molar-refractivity contribution in [2.45, 2.75) is 89.8 Å².